The normalized spacial score (nSPS) is 12.7. The van der Waals surface area contributed by atoms with Crippen LogP contribution < -0.4 is 15.4 Å². The molecular formula is C27H32N2O5. The average Bonchev–Trinajstić information content (AvgIpc) is 2.81. The first-order chi connectivity index (χ1) is 16.3. The fourth-order valence-electron chi connectivity index (χ4n) is 3.82. The van der Waals surface area contributed by atoms with Crippen LogP contribution in [0.2, 0.25) is 0 Å². The summed E-state index contributed by atoms with van der Waals surface area (Å²) in [6.07, 6.45) is 0.137. The van der Waals surface area contributed by atoms with Crippen molar-refractivity contribution in [2.45, 2.75) is 38.5 Å². The van der Waals surface area contributed by atoms with Crippen molar-refractivity contribution in [3.63, 3.8) is 0 Å². The summed E-state index contributed by atoms with van der Waals surface area (Å²) in [4.78, 5) is 12.5. The van der Waals surface area contributed by atoms with Gasteiger partial charge in [0.1, 0.15) is 17.2 Å². The highest BCUT2D eigenvalue weighted by Gasteiger charge is 2.13. The molecule has 5 N–H and O–H groups in total. The van der Waals surface area contributed by atoms with Gasteiger partial charge in [0.05, 0.1) is 19.6 Å². The lowest BCUT2D eigenvalue weighted by Crippen LogP contribution is -2.32. The topological polar surface area (TPSA) is 111 Å². The Labute approximate surface area is 200 Å². The van der Waals surface area contributed by atoms with Gasteiger partial charge in [0.2, 0.25) is 5.91 Å². The zero-order valence-corrected chi connectivity index (χ0v) is 19.5. The van der Waals surface area contributed by atoms with E-state index in [9.17, 15) is 20.1 Å². The molecule has 3 aromatic rings. The second kappa shape index (κ2) is 12.1. The molecule has 0 aliphatic heterocycles. The van der Waals surface area contributed by atoms with Gasteiger partial charge in [-0.3, -0.25) is 4.79 Å². The molecule has 2 atom stereocenters. The van der Waals surface area contributed by atoms with Crippen LogP contribution in [0.25, 0.3) is 0 Å². The molecule has 0 saturated carbocycles. The van der Waals surface area contributed by atoms with Crippen LogP contribution in [0.4, 0.5) is 0 Å². The first-order valence-corrected chi connectivity index (χ1v) is 11.2. The number of aromatic hydroxyl groups is 2. The van der Waals surface area contributed by atoms with Crippen LogP contribution in [-0.4, -0.2) is 40.9 Å². The van der Waals surface area contributed by atoms with Crippen molar-refractivity contribution < 1.29 is 24.9 Å². The summed E-state index contributed by atoms with van der Waals surface area (Å²) in [6.45, 7) is 2.69. The van der Waals surface area contributed by atoms with E-state index in [-0.39, 0.29) is 36.4 Å². The molecule has 0 aliphatic rings. The van der Waals surface area contributed by atoms with Crippen molar-refractivity contribution in [2.75, 3.05) is 13.7 Å². The smallest absolute Gasteiger partial charge is 0.224 e. The SMILES string of the molecule is COc1ccccc1CNC(=O)Cc1cccc(C[C@@H](C)NC[C@H](O)c2cc(O)cc(O)c2)c1. The zero-order chi connectivity index (χ0) is 24.5. The number of hydrogen-bond acceptors (Lipinski definition) is 6. The number of benzene rings is 3. The summed E-state index contributed by atoms with van der Waals surface area (Å²) < 4.78 is 5.32. The Kier molecular flexibility index (Phi) is 8.90. The minimum absolute atomic E-state index is 0.0632. The predicted molar refractivity (Wildman–Crippen MR) is 131 cm³/mol. The number of carbonyl (C=O) groups excluding carboxylic acids is 1. The fraction of sp³-hybridized carbons (Fsp3) is 0.296. The molecule has 0 radical (unpaired) electrons. The van der Waals surface area contributed by atoms with Gasteiger partial charge in [-0.15, -0.1) is 0 Å². The Hall–Kier alpha value is -3.55. The first kappa shape index (κ1) is 25.1. The van der Waals surface area contributed by atoms with Crippen molar-refractivity contribution in [3.8, 4) is 17.2 Å². The number of aliphatic hydroxyl groups excluding tert-OH is 1. The van der Waals surface area contributed by atoms with Gasteiger partial charge in [0.15, 0.2) is 0 Å². The molecule has 3 aromatic carbocycles. The van der Waals surface area contributed by atoms with Gasteiger partial charge < -0.3 is 30.7 Å². The highest BCUT2D eigenvalue weighted by atomic mass is 16.5. The number of para-hydroxylation sites is 1. The fourth-order valence-corrected chi connectivity index (χ4v) is 3.82. The summed E-state index contributed by atoms with van der Waals surface area (Å²) >= 11 is 0. The van der Waals surface area contributed by atoms with Crippen molar-refractivity contribution in [2.24, 2.45) is 0 Å². The Morgan fingerprint density at radius 1 is 0.971 bits per heavy atom. The van der Waals surface area contributed by atoms with Crippen LogP contribution in [-0.2, 0) is 24.2 Å². The number of phenols is 2. The molecule has 180 valence electrons. The third-order valence-electron chi connectivity index (χ3n) is 5.54. The third kappa shape index (κ3) is 7.50. The number of ether oxygens (including phenoxy) is 1. The highest BCUT2D eigenvalue weighted by molar-refractivity contribution is 5.78. The van der Waals surface area contributed by atoms with Crippen LogP contribution >= 0.6 is 0 Å². The molecule has 0 fully saturated rings. The van der Waals surface area contributed by atoms with Gasteiger partial charge >= 0.3 is 0 Å². The van der Waals surface area contributed by atoms with Gasteiger partial charge in [0, 0.05) is 30.8 Å². The van der Waals surface area contributed by atoms with Crippen LogP contribution in [0.1, 0.15) is 35.3 Å². The number of hydrogen-bond donors (Lipinski definition) is 5. The second-order valence-corrected chi connectivity index (χ2v) is 8.40. The van der Waals surface area contributed by atoms with Gasteiger partial charge in [0.25, 0.3) is 0 Å². The lowest BCUT2D eigenvalue weighted by atomic mass is 10.0. The summed E-state index contributed by atoms with van der Waals surface area (Å²) in [5.74, 6) is 0.501. The van der Waals surface area contributed by atoms with E-state index in [0.29, 0.717) is 18.5 Å². The lowest BCUT2D eigenvalue weighted by molar-refractivity contribution is -0.120. The van der Waals surface area contributed by atoms with Crippen LogP contribution in [0, 0.1) is 0 Å². The summed E-state index contributed by atoms with van der Waals surface area (Å²) in [6, 6.07) is 19.6. The Balaban J connectivity index is 1.49. The first-order valence-electron chi connectivity index (χ1n) is 11.2. The lowest BCUT2D eigenvalue weighted by Gasteiger charge is -2.18. The number of rotatable bonds is 11. The molecule has 0 spiro atoms. The number of methoxy groups -OCH3 is 1. The molecule has 7 heteroatoms. The van der Waals surface area contributed by atoms with Crippen LogP contribution in [0.3, 0.4) is 0 Å². The van der Waals surface area contributed by atoms with E-state index < -0.39 is 6.10 Å². The quantitative estimate of drug-likeness (QED) is 0.298. The number of nitrogens with one attached hydrogen (secondary N) is 2. The van der Waals surface area contributed by atoms with E-state index in [1.54, 1.807) is 7.11 Å². The van der Waals surface area contributed by atoms with E-state index in [2.05, 4.69) is 10.6 Å². The molecule has 0 aliphatic carbocycles. The standard InChI is InChI=1S/C27H32N2O5/c1-18(28-17-25(32)22-13-23(30)15-24(31)14-22)10-19-6-5-7-20(11-19)12-27(33)29-16-21-8-3-4-9-26(21)34-2/h3-9,11,13-15,18,25,28,30-32H,10,12,16-17H2,1-2H3,(H,29,33)/t18-,25+/m1/s1. The molecule has 0 aromatic heterocycles. The van der Waals surface area contributed by atoms with E-state index >= 15 is 0 Å². The highest BCUT2D eigenvalue weighted by Crippen LogP contribution is 2.24. The second-order valence-electron chi connectivity index (χ2n) is 8.40. The Morgan fingerprint density at radius 3 is 2.41 bits per heavy atom. The number of amides is 1. The minimum atomic E-state index is -0.862. The molecule has 0 heterocycles. The van der Waals surface area contributed by atoms with E-state index in [0.717, 1.165) is 22.4 Å². The Bertz CT molecular complexity index is 1080. The van der Waals surface area contributed by atoms with Crippen molar-refractivity contribution in [1.82, 2.24) is 10.6 Å². The maximum atomic E-state index is 12.5. The number of carbonyl (C=O) groups is 1. The predicted octanol–water partition coefficient (Wildman–Crippen LogP) is 3.22. The molecule has 0 saturated heterocycles. The van der Waals surface area contributed by atoms with E-state index in [4.69, 9.17) is 4.74 Å². The van der Waals surface area contributed by atoms with Crippen molar-refractivity contribution in [1.29, 1.82) is 0 Å². The molecule has 0 unspecified atom stereocenters. The van der Waals surface area contributed by atoms with Gasteiger partial charge in [-0.2, -0.15) is 0 Å². The van der Waals surface area contributed by atoms with Gasteiger partial charge in [-0.25, -0.2) is 0 Å². The van der Waals surface area contributed by atoms with Gasteiger partial charge in [-0.1, -0.05) is 42.5 Å². The molecular weight excluding hydrogens is 432 g/mol. The molecule has 34 heavy (non-hydrogen) atoms. The van der Waals surface area contributed by atoms with Crippen LogP contribution in [0.5, 0.6) is 17.2 Å². The monoisotopic (exact) mass is 464 g/mol. The van der Waals surface area contributed by atoms with Gasteiger partial charge in [-0.05, 0) is 48.2 Å². The van der Waals surface area contributed by atoms with E-state index in [1.807, 2.05) is 55.5 Å². The maximum Gasteiger partial charge on any atom is 0.224 e. The maximum absolute atomic E-state index is 12.5. The summed E-state index contributed by atoms with van der Waals surface area (Å²) in [5.41, 5.74) is 3.38. The average molecular weight is 465 g/mol. The minimum Gasteiger partial charge on any atom is -0.508 e. The third-order valence-corrected chi connectivity index (χ3v) is 5.54. The number of aliphatic hydroxyl groups is 1. The van der Waals surface area contributed by atoms with Crippen molar-refractivity contribution >= 4 is 5.91 Å². The zero-order valence-electron chi connectivity index (χ0n) is 19.5. The molecule has 1 amide bonds. The summed E-state index contributed by atoms with van der Waals surface area (Å²) in [7, 11) is 1.61. The molecule has 3 rings (SSSR count). The summed E-state index contributed by atoms with van der Waals surface area (Å²) in [5, 5.41) is 35.8. The molecule has 7 nitrogen and oxygen atoms in total. The Morgan fingerprint density at radius 2 is 1.68 bits per heavy atom. The largest absolute Gasteiger partial charge is 0.508 e. The van der Waals surface area contributed by atoms with Crippen LogP contribution in [0.15, 0.2) is 66.7 Å². The van der Waals surface area contributed by atoms with E-state index in [1.165, 1.54) is 18.2 Å². The van der Waals surface area contributed by atoms with Crippen molar-refractivity contribution in [3.05, 3.63) is 89.0 Å². The number of phenolic OH excluding ortho intramolecular Hbond substituents is 2. The molecule has 0 bridgehead atoms.